The van der Waals surface area contributed by atoms with Crippen LogP contribution < -0.4 is 16.3 Å². The van der Waals surface area contributed by atoms with E-state index in [9.17, 15) is 9.59 Å². The molecule has 1 fully saturated rings. The van der Waals surface area contributed by atoms with Crippen molar-refractivity contribution in [3.63, 3.8) is 0 Å². The van der Waals surface area contributed by atoms with Gasteiger partial charge in [-0.1, -0.05) is 15.9 Å². The molecule has 8 heteroatoms. The number of rotatable bonds is 2. The number of aromatic nitrogens is 3. The summed E-state index contributed by atoms with van der Waals surface area (Å²) >= 11 is 3.32. The van der Waals surface area contributed by atoms with Gasteiger partial charge in [0.15, 0.2) is 0 Å². The summed E-state index contributed by atoms with van der Waals surface area (Å²) in [5.41, 5.74) is 4.79. The molecule has 0 spiro atoms. The largest absolute Gasteiger partial charge is 0.369 e. The predicted molar refractivity (Wildman–Crippen MR) is 61.3 cm³/mol. The van der Waals surface area contributed by atoms with Crippen LogP contribution in [0.5, 0.6) is 0 Å². The molecule has 3 N–H and O–H groups in total. The van der Waals surface area contributed by atoms with Gasteiger partial charge in [0.2, 0.25) is 17.8 Å². The second-order valence-corrected chi connectivity index (χ2v) is 4.22. The molecule has 1 atom stereocenters. The molecule has 1 aliphatic heterocycles. The second-order valence-electron chi connectivity index (χ2n) is 3.57. The summed E-state index contributed by atoms with van der Waals surface area (Å²) in [5.74, 6) is 0.172. The summed E-state index contributed by atoms with van der Waals surface area (Å²) in [6, 6.07) is 0. The first-order chi connectivity index (χ1) is 7.60. The minimum Gasteiger partial charge on any atom is -0.369 e. The SMILES string of the molecule is Nc1nc(N2CC(CBr)CC2=O)nc(=O)[nH]1. The number of nitrogen functional groups attached to an aromatic ring is 1. The van der Waals surface area contributed by atoms with E-state index >= 15 is 0 Å². The molecule has 1 aromatic rings. The Hall–Kier alpha value is -1.44. The zero-order chi connectivity index (χ0) is 11.7. The third-order valence-electron chi connectivity index (χ3n) is 2.32. The smallest absolute Gasteiger partial charge is 0.351 e. The van der Waals surface area contributed by atoms with Crippen molar-refractivity contribution in [2.24, 2.45) is 5.92 Å². The van der Waals surface area contributed by atoms with Gasteiger partial charge in [-0.15, -0.1) is 0 Å². The van der Waals surface area contributed by atoms with E-state index in [1.807, 2.05) is 0 Å². The highest BCUT2D eigenvalue weighted by Crippen LogP contribution is 2.22. The van der Waals surface area contributed by atoms with Crippen LogP contribution in [0.1, 0.15) is 6.42 Å². The molecule has 2 heterocycles. The van der Waals surface area contributed by atoms with E-state index in [0.717, 1.165) is 5.33 Å². The van der Waals surface area contributed by atoms with E-state index in [4.69, 9.17) is 5.73 Å². The molecule has 0 aromatic carbocycles. The summed E-state index contributed by atoms with van der Waals surface area (Å²) in [7, 11) is 0. The number of nitrogens with zero attached hydrogens (tertiary/aromatic N) is 3. The van der Waals surface area contributed by atoms with Gasteiger partial charge >= 0.3 is 5.69 Å². The van der Waals surface area contributed by atoms with Gasteiger partial charge in [-0.05, 0) is 5.92 Å². The molecular weight excluding hydrogens is 278 g/mol. The lowest BCUT2D eigenvalue weighted by Gasteiger charge is -2.13. The van der Waals surface area contributed by atoms with E-state index in [0.29, 0.717) is 13.0 Å². The molecule has 16 heavy (non-hydrogen) atoms. The minimum absolute atomic E-state index is 0.0370. The van der Waals surface area contributed by atoms with E-state index in [-0.39, 0.29) is 23.7 Å². The van der Waals surface area contributed by atoms with E-state index in [1.165, 1.54) is 4.90 Å². The molecule has 1 aromatic heterocycles. The maximum Gasteiger partial charge on any atom is 0.351 e. The first-order valence-electron chi connectivity index (χ1n) is 4.70. The number of carbonyl (C=O) groups is 1. The first kappa shape index (κ1) is 11.1. The molecule has 0 bridgehead atoms. The number of hydrogen-bond acceptors (Lipinski definition) is 5. The monoisotopic (exact) mass is 287 g/mol. The highest BCUT2D eigenvalue weighted by Gasteiger charge is 2.31. The van der Waals surface area contributed by atoms with E-state index in [2.05, 4.69) is 30.9 Å². The second kappa shape index (κ2) is 4.20. The van der Waals surface area contributed by atoms with Crippen molar-refractivity contribution in [1.82, 2.24) is 15.0 Å². The molecule has 0 radical (unpaired) electrons. The van der Waals surface area contributed by atoms with Gasteiger partial charge in [0.05, 0.1) is 0 Å². The van der Waals surface area contributed by atoms with Crippen LogP contribution >= 0.6 is 15.9 Å². The van der Waals surface area contributed by atoms with Gasteiger partial charge in [-0.25, -0.2) is 4.79 Å². The fraction of sp³-hybridized carbons (Fsp3) is 0.500. The number of aromatic amines is 1. The van der Waals surface area contributed by atoms with Crippen LogP contribution in [0.4, 0.5) is 11.9 Å². The predicted octanol–water partition coefficient (Wildman–Crippen LogP) is -0.505. The molecule has 0 saturated carbocycles. The first-order valence-corrected chi connectivity index (χ1v) is 5.82. The van der Waals surface area contributed by atoms with Gasteiger partial charge in [0, 0.05) is 18.3 Å². The molecule has 1 unspecified atom stereocenters. The van der Waals surface area contributed by atoms with Gasteiger partial charge in [0.25, 0.3) is 0 Å². The Labute approximate surface area is 99.2 Å². The van der Waals surface area contributed by atoms with Gasteiger partial charge < -0.3 is 5.73 Å². The van der Waals surface area contributed by atoms with Crippen molar-refractivity contribution in [3.05, 3.63) is 10.5 Å². The lowest BCUT2D eigenvalue weighted by atomic mass is 10.2. The Morgan fingerprint density at radius 1 is 1.50 bits per heavy atom. The van der Waals surface area contributed by atoms with Crippen molar-refractivity contribution in [3.8, 4) is 0 Å². The number of hydrogen-bond donors (Lipinski definition) is 2. The highest BCUT2D eigenvalue weighted by molar-refractivity contribution is 9.09. The quantitative estimate of drug-likeness (QED) is 0.713. The topological polar surface area (TPSA) is 105 Å². The summed E-state index contributed by atoms with van der Waals surface area (Å²) in [6.07, 6.45) is 0.432. The molecule has 7 nitrogen and oxygen atoms in total. The average Bonchev–Trinajstić information content (AvgIpc) is 2.58. The fourth-order valence-electron chi connectivity index (χ4n) is 1.59. The van der Waals surface area contributed by atoms with Crippen LogP contribution in [-0.4, -0.2) is 32.7 Å². The Morgan fingerprint density at radius 2 is 2.25 bits per heavy atom. The van der Waals surface area contributed by atoms with Crippen LogP contribution in [0.25, 0.3) is 0 Å². The maximum absolute atomic E-state index is 11.6. The van der Waals surface area contributed by atoms with Crippen LogP contribution in [0.15, 0.2) is 4.79 Å². The normalized spacial score (nSPS) is 20.4. The van der Waals surface area contributed by atoms with Crippen LogP contribution in [0.3, 0.4) is 0 Å². The lowest BCUT2D eigenvalue weighted by molar-refractivity contribution is -0.117. The number of halogens is 1. The highest BCUT2D eigenvalue weighted by atomic mass is 79.9. The Balaban J connectivity index is 2.31. The Kier molecular flexibility index (Phi) is 2.90. The lowest BCUT2D eigenvalue weighted by Crippen LogP contribution is -2.30. The number of carbonyl (C=O) groups excluding carboxylic acids is 1. The van der Waals surface area contributed by atoms with Gasteiger partial charge in [-0.2, -0.15) is 9.97 Å². The maximum atomic E-state index is 11.6. The van der Waals surface area contributed by atoms with Crippen molar-refractivity contribution in [2.45, 2.75) is 6.42 Å². The van der Waals surface area contributed by atoms with Crippen LogP contribution in [0.2, 0.25) is 0 Å². The number of H-pyrrole nitrogens is 1. The molecule has 1 aliphatic rings. The van der Waals surface area contributed by atoms with E-state index in [1.54, 1.807) is 0 Å². The number of nitrogens with two attached hydrogens (primary N) is 1. The standard InChI is InChI=1S/C8H10BrN5O2/c9-2-4-1-5(15)14(3-4)7-11-6(10)12-8(16)13-7/h4H,1-3H2,(H3,10,11,12,13,16). The van der Waals surface area contributed by atoms with Crippen LogP contribution in [-0.2, 0) is 4.79 Å². The molecule has 86 valence electrons. The number of anilines is 2. The zero-order valence-corrected chi connectivity index (χ0v) is 9.90. The van der Waals surface area contributed by atoms with Gasteiger partial charge in [0.1, 0.15) is 0 Å². The average molecular weight is 288 g/mol. The third kappa shape index (κ3) is 2.06. The van der Waals surface area contributed by atoms with Crippen molar-refractivity contribution in [2.75, 3.05) is 22.5 Å². The Morgan fingerprint density at radius 3 is 2.81 bits per heavy atom. The van der Waals surface area contributed by atoms with E-state index < -0.39 is 5.69 Å². The summed E-state index contributed by atoms with van der Waals surface area (Å²) in [6.45, 7) is 0.507. The molecule has 1 amide bonds. The minimum atomic E-state index is -0.599. The fourth-order valence-corrected chi connectivity index (χ4v) is 2.02. The third-order valence-corrected chi connectivity index (χ3v) is 3.24. The molecule has 1 saturated heterocycles. The van der Waals surface area contributed by atoms with Crippen molar-refractivity contribution < 1.29 is 4.79 Å². The number of alkyl halides is 1. The Bertz CT molecular complexity index is 474. The van der Waals surface area contributed by atoms with Crippen molar-refractivity contribution >= 4 is 33.7 Å². The summed E-state index contributed by atoms with van der Waals surface area (Å²) in [5, 5.41) is 0.730. The number of amides is 1. The molecule has 0 aliphatic carbocycles. The number of nitrogens with one attached hydrogen (secondary N) is 1. The zero-order valence-electron chi connectivity index (χ0n) is 8.31. The van der Waals surface area contributed by atoms with Crippen LogP contribution in [0, 0.1) is 5.92 Å². The van der Waals surface area contributed by atoms with Gasteiger partial charge in [-0.3, -0.25) is 14.7 Å². The molecular formula is C8H10BrN5O2. The molecule has 2 rings (SSSR count). The van der Waals surface area contributed by atoms with Crippen molar-refractivity contribution in [1.29, 1.82) is 0 Å². The summed E-state index contributed by atoms with van der Waals surface area (Å²) < 4.78 is 0. The summed E-state index contributed by atoms with van der Waals surface area (Å²) in [4.78, 5) is 33.8.